The van der Waals surface area contributed by atoms with Crippen molar-refractivity contribution in [3.8, 4) is 11.1 Å². The molecule has 0 radical (unpaired) electrons. The molecule has 158 valence electrons. The maximum Gasteiger partial charge on any atom is 0.266 e. The number of hydrogen-bond donors (Lipinski definition) is 1. The van der Waals surface area contributed by atoms with Gasteiger partial charge in [0.2, 0.25) is 0 Å². The van der Waals surface area contributed by atoms with Crippen molar-refractivity contribution in [2.24, 2.45) is 10.7 Å². The number of hydrogen-bond acceptors (Lipinski definition) is 4. The van der Waals surface area contributed by atoms with E-state index < -0.39 is 13.6 Å². The lowest BCUT2D eigenvalue weighted by Crippen LogP contribution is -2.43. The molecule has 1 atom stereocenters. The molecule has 2 heterocycles. The second-order valence-corrected chi connectivity index (χ2v) is 14.4. The molecule has 1 unspecified atom stereocenters. The van der Waals surface area contributed by atoms with Gasteiger partial charge in [-0.3, -0.25) is 14.7 Å². The highest BCUT2D eigenvalue weighted by atomic mass is 35.5. The minimum absolute atomic E-state index is 0.168. The van der Waals surface area contributed by atoms with E-state index in [1.54, 1.807) is 19.4 Å². The molecule has 0 saturated carbocycles. The van der Waals surface area contributed by atoms with Gasteiger partial charge in [-0.15, -0.1) is 0 Å². The van der Waals surface area contributed by atoms with E-state index in [1.165, 1.54) is 10.1 Å². The largest absolute Gasteiger partial charge is 0.369 e. The Labute approximate surface area is 188 Å². The zero-order valence-electron chi connectivity index (χ0n) is 18.1. The van der Waals surface area contributed by atoms with Crippen LogP contribution in [0.4, 0.5) is 0 Å². The van der Waals surface area contributed by atoms with E-state index in [9.17, 15) is 4.79 Å². The smallest absolute Gasteiger partial charge is 0.266 e. The number of benzene rings is 2. The van der Waals surface area contributed by atoms with E-state index in [0.717, 1.165) is 22.3 Å². The summed E-state index contributed by atoms with van der Waals surface area (Å²) in [5.41, 5.74) is 8.28. The number of carbonyl (C=O) groups excluding carboxylic acids is 1. The number of halogens is 1. The van der Waals surface area contributed by atoms with Gasteiger partial charge in [-0.05, 0) is 28.8 Å². The number of amides is 1. The van der Waals surface area contributed by atoms with Crippen molar-refractivity contribution >= 4 is 36.7 Å². The van der Waals surface area contributed by atoms with Crippen molar-refractivity contribution < 1.29 is 4.79 Å². The number of aromatic nitrogens is 1. The topological polar surface area (TPSA) is 71.6 Å². The molecule has 0 spiro atoms. The summed E-state index contributed by atoms with van der Waals surface area (Å²) in [6.45, 7) is 6.85. The SMILES string of the molecule is CN1C(=O)C(c2cccc(-c3cncc(Cl)c3)c2)(c2cccc([Si](C)(C)C)c2)N=C1N. The van der Waals surface area contributed by atoms with Crippen LogP contribution in [0.25, 0.3) is 11.1 Å². The summed E-state index contributed by atoms with van der Waals surface area (Å²) in [6.07, 6.45) is 3.35. The number of aliphatic imine (C=N–C) groups is 1. The molecule has 31 heavy (non-hydrogen) atoms. The summed E-state index contributed by atoms with van der Waals surface area (Å²) >= 11 is 6.15. The molecule has 0 saturated heterocycles. The average Bonchev–Trinajstić information content (AvgIpc) is 2.98. The van der Waals surface area contributed by atoms with E-state index in [1.807, 2.05) is 42.5 Å². The first-order valence-electron chi connectivity index (χ1n) is 10.1. The Morgan fingerprint density at radius 1 is 0.968 bits per heavy atom. The molecule has 2 aromatic carbocycles. The molecule has 0 fully saturated rings. The van der Waals surface area contributed by atoms with Crippen LogP contribution < -0.4 is 10.9 Å². The Balaban J connectivity index is 1.95. The minimum atomic E-state index is -1.60. The van der Waals surface area contributed by atoms with Crippen molar-refractivity contribution in [2.45, 2.75) is 25.2 Å². The second kappa shape index (κ2) is 7.62. The highest BCUT2D eigenvalue weighted by Gasteiger charge is 2.49. The zero-order chi connectivity index (χ0) is 22.4. The summed E-state index contributed by atoms with van der Waals surface area (Å²) in [5.74, 6) is 0.0392. The maximum atomic E-state index is 13.6. The predicted molar refractivity (Wildman–Crippen MR) is 129 cm³/mol. The lowest BCUT2D eigenvalue weighted by molar-refractivity contribution is -0.129. The van der Waals surface area contributed by atoms with Crippen molar-refractivity contribution in [1.29, 1.82) is 0 Å². The van der Waals surface area contributed by atoms with Crippen LogP contribution in [0.2, 0.25) is 24.7 Å². The number of pyridine rings is 1. The summed E-state index contributed by atoms with van der Waals surface area (Å²) in [4.78, 5) is 24.0. The van der Waals surface area contributed by atoms with Crippen LogP contribution in [0.5, 0.6) is 0 Å². The average molecular weight is 449 g/mol. The summed E-state index contributed by atoms with van der Waals surface area (Å²) in [5, 5.41) is 1.81. The van der Waals surface area contributed by atoms with Gasteiger partial charge < -0.3 is 5.73 Å². The zero-order valence-corrected chi connectivity index (χ0v) is 19.8. The van der Waals surface area contributed by atoms with Crippen LogP contribution in [0, 0.1) is 0 Å². The van der Waals surface area contributed by atoms with Crippen molar-refractivity contribution in [2.75, 3.05) is 7.05 Å². The Bertz CT molecular complexity index is 1200. The third-order valence-electron chi connectivity index (χ3n) is 5.70. The van der Waals surface area contributed by atoms with Crippen LogP contribution in [0.1, 0.15) is 11.1 Å². The standard InChI is InChI=1S/C24H25ClN4OSi/c1-29-22(30)24(28-23(29)26,19-9-6-10-21(13-19)31(2,3)4)18-8-5-7-16(11-18)17-12-20(25)15-27-14-17/h5-15H,1-4H3,(H2,26,28). The quantitative estimate of drug-likeness (QED) is 0.613. The fraction of sp³-hybridized carbons (Fsp3) is 0.208. The van der Waals surface area contributed by atoms with Gasteiger partial charge in [-0.2, -0.15) is 0 Å². The fourth-order valence-corrected chi connectivity index (χ4v) is 5.25. The van der Waals surface area contributed by atoms with Gasteiger partial charge in [0.1, 0.15) is 0 Å². The lowest BCUT2D eigenvalue weighted by atomic mass is 9.82. The van der Waals surface area contributed by atoms with Crippen molar-refractivity contribution in [3.05, 3.63) is 83.1 Å². The molecular weight excluding hydrogens is 424 g/mol. The number of guanidine groups is 1. The Morgan fingerprint density at radius 2 is 1.65 bits per heavy atom. The van der Waals surface area contributed by atoms with Gasteiger partial charge in [0, 0.05) is 25.0 Å². The minimum Gasteiger partial charge on any atom is -0.369 e. The Hall–Kier alpha value is -2.96. The second-order valence-electron chi connectivity index (χ2n) is 8.85. The molecule has 4 rings (SSSR count). The molecule has 1 aliphatic rings. The van der Waals surface area contributed by atoms with Crippen LogP contribution >= 0.6 is 11.6 Å². The molecule has 5 nitrogen and oxygen atoms in total. The number of nitrogens with two attached hydrogens (primary N) is 1. The monoisotopic (exact) mass is 448 g/mol. The van der Waals surface area contributed by atoms with E-state index in [-0.39, 0.29) is 11.9 Å². The van der Waals surface area contributed by atoms with E-state index in [0.29, 0.717) is 5.02 Å². The van der Waals surface area contributed by atoms with Crippen LogP contribution in [0.15, 0.2) is 72.0 Å². The first-order chi connectivity index (χ1) is 14.6. The van der Waals surface area contributed by atoms with Gasteiger partial charge >= 0.3 is 0 Å². The van der Waals surface area contributed by atoms with Crippen molar-refractivity contribution in [3.63, 3.8) is 0 Å². The van der Waals surface area contributed by atoms with Gasteiger partial charge in [-0.25, -0.2) is 4.99 Å². The molecule has 0 aliphatic carbocycles. The first-order valence-corrected chi connectivity index (χ1v) is 14.0. The predicted octanol–water partition coefficient (Wildman–Crippen LogP) is 3.98. The van der Waals surface area contributed by atoms with Crippen LogP contribution in [-0.2, 0) is 10.3 Å². The van der Waals surface area contributed by atoms with E-state index >= 15 is 0 Å². The van der Waals surface area contributed by atoms with Crippen molar-refractivity contribution in [1.82, 2.24) is 9.88 Å². The molecule has 2 N–H and O–H groups in total. The Kier molecular flexibility index (Phi) is 5.23. The fourth-order valence-electron chi connectivity index (χ4n) is 3.89. The van der Waals surface area contributed by atoms with E-state index in [4.69, 9.17) is 22.3 Å². The molecule has 7 heteroatoms. The highest BCUT2D eigenvalue weighted by Crippen LogP contribution is 2.40. The molecule has 1 aliphatic heterocycles. The molecule has 1 aromatic heterocycles. The normalized spacial score (nSPS) is 18.9. The molecule has 1 amide bonds. The highest BCUT2D eigenvalue weighted by molar-refractivity contribution is 6.88. The number of rotatable bonds is 4. The summed E-state index contributed by atoms with van der Waals surface area (Å²) in [7, 11) is 0.0597. The lowest BCUT2D eigenvalue weighted by Gasteiger charge is -2.28. The van der Waals surface area contributed by atoms with E-state index in [2.05, 4.69) is 36.8 Å². The Morgan fingerprint density at radius 3 is 2.26 bits per heavy atom. The van der Waals surface area contributed by atoms with Gasteiger partial charge in [0.25, 0.3) is 5.91 Å². The summed E-state index contributed by atoms with van der Waals surface area (Å²) < 4.78 is 0. The third-order valence-corrected chi connectivity index (χ3v) is 7.95. The number of likely N-dealkylation sites (N-methyl/N-ethyl adjacent to an activating group) is 1. The maximum absolute atomic E-state index is 13.6. The molecule has 0 bridgehead atoms. The first kappa shape index (κ1) is 21.3. The number of carbonyl (C=O) groups is 1. The van der Waals surface area contributed by atoms with Gasteiger partial charge in [0.05, 0.1) is 13.1 Å². The van der Waals surface area contributed by atoms with Crippen LogP contribution in [-0.4, -0.2) is 36.9 Å². The van der Waals surface area contributed by atoms with Gasteiger partial charge in [-0.1, -0.05) is 78.9 Å². The molecule has 3 aromatic rings. The summed E-state index contributed by atoms with van der Waals surface area (Å²) in [6, 6.07) is 17.9. The molecular formula is C24H25ClN4OSi. The number of nitrogens with zero attached hydrogens (tertiary/aromatic N) is 3. The van der Waals surface area contributed by atoms with Gasteiger partial charge in [0.15, 0.2) is 11.5 Å². The van der Waals surface area contributed by atoms with Crippen LogP contribution in [0.3, 0.4) is 0 Å². The third kappa shape index (κ3) is 3.66.